The molecule has 1 N–H and O–H groups in total. The summed E-state index contributed by atoms with van der Waals surface area (Å²) >= 11 is 5.46. The van der Waals surface area contributed by atoms with Crippen LogP contribution in [0.1, 0.15) is 11.3 Å². The molecule has 4 nitrogen and oxygen atoms in total. The van der Waals surface area contributed by atoms with Crippen LogP contribution >= 0.6 is 11.6 Å². The van der Waals surface area contributed by atoms with Gasteiger partial charge in [0.1, 0.15) is 5.75 Å². The molecule has 112 valence electrons. The topological polar surface area (TPSA) is 55.2 Å². The quantitative estimate of drug-likeness (QED) is 0.877. The molecule has 0 saturated carbocycles. The third kappa shape index (κ3) is 4.30. The molecule has 0 unspecified atom stereocenters. The summed E-state index contributed by atoms with van der Waals surface area (Å²) in [5, 5.41) is 8.25. The molecule has 0 atom stereocenters. The van der Waals surface area contributed by atoms with E-state index in [4.69, 9.17) is 21.4 Å². The standard InChI is InChI=1S/C13H10ClF3N2O2/c14-12-18-10(13(15,16)17)7-11(19-12)21-9-3-1-8(2-4-9)5-6-20/h1-4,7,20H,5-6H2. The summed E-state index contributed by atoms with van der Waals surface area (Å²) in [6, 6.07) is 7.19. The summed E-state index contributed by atoms with van der Waals surface area (Å²) in [7, 11) is 0. The second-order valence-corrected chi connectivity index (χ2v) is 4.42. The van der Waals surface area contributed by atoms with Crippen LogP contribution < -0.4 is 4.74 Å². The fourth-order valence-electron chi connectivity index (χ4n) is 1.57. The Labute approximate surface area is 123 Å². The van der Waals surface area contributed by atoms with E-state index in [9.17, 15) is 13.2 Å². The SMILES string of the molecule is OCCc1ccc(Oc2cc(C(F)(F)F)nc(Cl)n2)cc1. The Kier molecular flexibility index (Phi) is 4.64. The number of halogens is 4. The van der Waals surface area contributed by atoms with Gasteiger partial charge in [-0.3, -0.25) is 0 Å². The van der Waals surface area contributed by atoms with Gasteiger partial charge < -0.3 is 9.84 Å². The molecule has 1 aromatic heterocycles. The molecule has 1 heterocycles. The van der Waals surface area contributed by atoms with Gasteiger partial charge in [-0.2, -0.15) is 18.2 Å². The number of benzene rings is 1. The molecule has 1 aromatic carbocycles. The van der Waals surface area contributed by atoms with Gasteiger partial charge in [0.25, 0.3) is 0 Å². The fourth-order valence-corrected chi connectivity index (χ4v) is 1.74. The Bertz CT molecular complexity index is 618. The molecule has 21 heavy (non-hydrogen) atoms. The van der Waals surface area contributed by atoms with Gasteiger partial charge >= 0.3 is 6.18 Å². The maximum atomic E-state index is 12.6. The Morgan fingerprint density at radius 3 is 2.38 bits per heavy atom. The predicted octanol–water partition coefficient (Wildman–Crippen LogP) is 3.48. The molecule has 8 heteroatoms. The highest BCUT2D eigenvalue weighted by Gasteiger charge is 2.33. The lowest BCUT2D eigenvalue weighted by Gasteiger charge is -2.09. The highest BCUT2D eigenvalue weighted by molar-refractivity contribution is 6.28. The summed E-state index contributed by atoms with van der Waals surface area (Å²) in [6.07, 6.45) is -4.15. The van der Waals surface area contributed by atoms with Gasteiger partial charge in [-0.1, -0.05) is 12.1 Å². The lowest BCUT2D eigenvalue weighted by atomic mass is 10.1. The van der Waals surface area contributed by atoms with Gasteiger partial charge in [-0.15, -0.1) is 0 Å². The minimum Gasteiger partial charge on any atom is -0.439 e. The number of hydrogen-bond donors (Lipinski definition) is 1. The number of aliphatic hydroxyl groups is 1. The average molecular weight is 319 g/mol. The first kappa shape index (κ1) is 15.5. The van der Waals surface area contributed by atoms with E-state index in [1.54, 1.807) is 24.3 Å². The van der Waals surface area contributed by atoms with Crippen molar-refractivity contribution in [3.8, 4) is 11.6 Å². The first-order valence-electron chi connectivity index (χ1n) is 5.88. The van der Waals surface area contributed by atoms with Crippen molar-refractivity contribution in [1.29, 1.82) is 0 Å². The minimum absolute atomic E-state index is 0.0106. The van der Waals surface area contributed by atoms with E-state index in [0.717, 1.165) is 5.56 Å². The van der Waals surface area contributed by atoms with Crippen LogP contribution in [-0.4, -0.2) is 21.7 Å². The molecular formula is C13H10ClF3N2O2. The lowest BCUT2D eigenvalue weighted by Crippen LogP contribution is -2.09. The van der Waals surface area contributed by atoms with Gasteiger partial charge in [-0.25, -0.2) is 4.98 Å². The van der Waals surface area contributed by atoms with Crippen LogP contribution in [0.5, 0.6) is 11.6 Å². The van der Waals surface area contributed by atoms with E-state index >= 15 is 0 Å². The molecule has 0 spiro atoms. The molecule has 0 aliphatic rings. The normalized spacial score (nSPS) is 11.5. The average Bonchev–Trinajstić information content (AvgIpc) is 2.40. The van der Waals surface area contributed by atoms with E-state index in [0.29, 0.717) is 18.2 Å². The molecular weight excluding hydrogens is 309 g/mol. The molecule has 0 bridgehead atoms. The van der Waals surface area contributed by atoms with E-state index < -0.39 is 17.2 Å². The van der Waals surface area contributed by atoms with E-state index in [2.05, 4.69) is 9.97 Å². The van der Waals surface area contributed by atoms with Crippen LogP contribution in [0, 0.1) is 0 Å². The molecule has 0 aliphatic carbocycles. The van der Waals surface area contributed by atoms with Crippen LogP contribution in [0.2, 0.25) is 5.28 Å². The molecule has 2 aromatic rings. The highest BCUT2D eigenvalue weighted by Crippen LogP contribution is 2.31. The van der Waals surface area contributed by atoms with Crippen LogP contribution in [0.15, 0.2) is 30.3 Å². The second-order valence-electron chi connectivity index (χ2n) is 4.08. The Morgan fingerprint density at radius 2 is 1.81 bits per heavy atom. The smallest absolute Gasteiger partial charge is 0.433 e. The van der Waals surface area contributed by atoms with Crippen molar-refractivity contribution in [2.45, 2.75) is 12.6 Å². The summed E-state index contributed by atoms with van der Waals surface area (Å²) in [5.41, 5.74) is -0.295. The zero-order valence-electron chi connectivity index (χ0n) is 10.6. The number of nitrogens with zero attached hydrogens (tertiary/aromatic N) is 2. The molecule has 0 radical (unpaired) electrons. The Morgan fingerprint density at radius 1 is 1.14 bits per heavy atom. The van der Waals surface area contributed by atoms with Crippen LogP contribution in [0.4, 0.5) is 13.2 Å². The van der Waals surface area contributed by atoms with Crippen LogP contribution in [0.25, 0.3) is 0 Å². The third-order valence-corrected chi connectivity index (χ3v) is 2.68. The van der Waals surface area contributed by atoms with Gasteiger partial charge in [-0.05, 0) is 35.7 Å². The summed E-state index contributed by atoms with van der Waals surface area (Å²) in [4.78, 5) is 6.70. The van der Waals surface area contributed by atoms with Crippen LogP contribution in [0.3, 0.4) is 0 Å². The number of ether oxygens (including phenoxy) is 1. The zero-order chi connectivity index (χ0) is 15.5. The fraction of sp³-hybridized carbons (Fsp3) is 0.231. The van der Waals surface area contributed by atoms with Crippen molar-refractivity contribution in [1.82, 2.24) is 9.97 Å². The van der Waals surface area contributed by atoms with E-state index in [-0.39, 0.29) is 12.5 Å². The summed E-state index contributed by atoms with van der Waals surface area (Å²) < 4.78 is 43.0. The molecule has 2 rings (SSSR count). The molecule has 0 aliphatic heterocycles. The van der Waals surface area contributed by atoms with Gasteiger partial charge in [0.15, 0.2) is 5.69 Å². The Hall–Kier alpha value is -1.86. The van der Waals surface area contributed by atoms with E-state index in [1.807, 2.05) is 0 Å². The number of alkyl halides is 3. The van der Waals surface area contributed by atoms with Crippen molar-refractivity contribution >= 4 is 11.6 Å². The minimum atomic E-state index is -4.63. The number of aromatic nitrogens is 2. The van der Waals surface area contributed by atoms with Crippen molar-refractivity contribution in [2.24, 2.45) is 0 Å². The number of hydrogen-bond acceptors (Lipinski definition) is 4. The molecule has 0 saturated heterocycles. The maximum absolute atomic E-state index is 12.6. The number of aliphatic hydroxyl groups excluding tert-OH is 1. The van der Waals surface area contributed by atoms with Crippen LogP contribution in [-0.2, 0) is 12.6 Å². The Balaban J connectivity index is 2.21. The van der Waals surface area contributed by atoms with Gasteiger partial charge in [0, 0.05) is 12.7 Å². The second kappa shape index (κ2) is 6.28. The van der Waals surface area contributed by atoms with Gasteiger partial charge in [0.2, 0.25) is 11.2 Å². The molecule has 0 amide bonds. The number of rotatable bonds is 4. The van der Waals surface area contributed by atoms with Crippen molar-refractivity contribution in [2.75, 3.05) is 6.61 Å². The largest absolute Gasteiger partial charge is 0.439 e. The molecule has 0 fully saturated rings. The van der Waals surface area contributed by atoms with Gasteiger partial charge in [0.05, 0.1) is 0 Å². The van der Waals surface area contributed by atoms with E-state index in [1.165, 1.54) is 0 Å². The van der Waals surface area contributed by atoms with Crippen molar-refractivity contribution in [3.05, 3.63) is 46.9 Å². The maximum Gasteiger partial charge on any atom is 0.433 e. The highest BCUT2D eigenvalue weighted by atomic mass is 35.5. The van der Waals surface area contributed by atoms with Crippen molar-refractivity contribution in [3.63, 3.8) is 0 Å². The summed E-state index contributed by atoms with van der Waals surface area (Å²) in [6.45, 7) is 0.0106. The third-order valence-electron chi connectivity index (χ3n) is 2.51. The monoisotopic (exact) mass is 318 g/mol. The summed E-state index contributed by atoms with van der Waals surface area (Å²) in [5.74, 6) is 0.0109. The zero-order valence-corrected chi connectivity index (χ0v) is 11.3. The predicted molar refractivity (Wildman–Crippen MR) is 69.3 cm³/mol. The first-order valence-corrected chi connectivity index (χ1v) is 6.26. The first-order chi connectivity index (χ1) is 9.88. The lowest BCUT2D eigenvalue weighted by molar-refractivity contribution is -0.141. The van der Waals surface area contributed by atoms with Crippen molar-refractivity contribution < 1.29 is 23.0 Å².